The molecule has 1 amide bonds. The summed E-state index contributed by atoms with van der Waals surface area (Å²) in [5, 5.41) is 14.8. The number of benzene rings is 2. The van der Waals surface area contributed by atoms with E-state index >= 15 is 0 Å². The predicted octanol–water partition coefficient (Wildman–Crippen LogP) is 4.35. The van der Waals surface area contributed by atoms with Crippen molar-refractivity contribution in [2.24, 2.45) is 0 Å². The maximum Gasteiger partial charge on any atom is 0.256 e. The van der Waals surface area contributed by atoms with Crippen LogP contribution in [0.3, 0.4) is 0 Å². The Balaban J connectivity index is 1.51. The third-order valence-corrected chi connectivity index (χ3v) is 4.07. The van der Waals surface area contributed by atoms with Crippen LogP contribution < -0.4 is 10.6 Å². The highest BCUT2D eigenvalue weighted by Gasteiger charge is 2.07. The van der Waals surface area contributed by atoms with Crippen molar-refractivity contribution in [1.82, 2.24) is 10.2 Å². The van der Waals surface area contributed by atoms with Crippen LogP contribution in [-0.4, -0.2) is 22.6 Å². The van der Waals surface area contributed by atoms with Gasteiger partial charge in [-0.05, 0) is 55.3 Å². The smallest absolute Gasteiger partial charge is 0.256 e. The Bertz CT molecular complexity index is 879. The van der Waals surface area contributed by atoms with Crippen LogP contribution >= 0.6 is 11.6 Å². The van der Waals surface area contributed by atoms with Crippen molar-refractivity contribution in [3.05, 3.63) is 82.4 Å². The molecule has 3 rings (SSSR count). The Morgan fingerprint density at radius 1 is 1.00 bits per heavy atom. The lowest BCUT2D eigenvalue weighted by atomic mass is 10.1. The zero-order valence-corrected chi connectivity index (χ0v) is 15.1. The summed E-state index contributed by atoms with van der Waals surface area (Å²) in [6.45, 7) is 2.67. The van der Waals surface area contributed by atoms with Gasteiger partial charge in [0.2, 0.25) is 0 Å². The fraction of sp³-hybridized carbons (Fsp3) is 0.150. The highest BCUT2D eigenvalue weighted by Crippen LogP contribution is 2.12. The monoisotopic (exact) mass is 366 g/mol. The molecule has 0 aliphatic rings. The van der Waals surface area contributed by atoms with Crippen LogP contribution in [0.25, 0.3) is 0 Å². The van der Waals surface area contributed by atoms with Crippen molar-refractivity contribution in [1.29, 1.82) is 0 Å². The number of nitrogens with zero attached hydrogens (tertiary/aromatic N) is 2. The van der Waals surface area contributed by atoms with Gasteiger partial charge in [0, 0.05) is 17.1 Å². The molecule has 6 heteroatoms. The highest BCUT2D eigenvalue weighted by atomic mass is 35.5. The summed E-state index contributed by atoms with van der Waals surface area (Å²) in [5.41, 5.74) is 2.82. The molecule has 0 atom stereocenters. The fourth-order valence-electron chi connectivity index (χ4n) is 2.45. The van der Waals surface area contributed by atoms with Crippen molar-refractivity contribution in [3.8, 4) is 0 Å². The topological polar surface area (TPSA) is 66.9 Å². The quantitative estimate of drug-likeness (QED) is 0.680. The second kappa shape index (κ2) is 8.45. The number of anilines is 2. The Kier molecular flexibility index (Phi) is 5.81. The van der Waals surface area contributed by atoms with E-state index < -0.39 is 0 Å². The SMILES string of the molecule is Cc1cccc(C(=O)Nc2ccc(NCCc3ccc(Cl)cc3)nn2)c1. The fourth-order valence-corrected chi connectivity index (χ4v) is 2.58. The average Bonchev–Trinajstić information content (AvgIpc) is 2.65. The minimum Gasteiger partial charge on any atom is -0.368 e. The van der Waals surface area contributed by atoms with E-state index in [0.717, 1.165) is 23.6 Å². The summed E-state index contributed by atoms with van der Waals surface area (Å²) in [5.74, 6) is 0.874. The second-order valence-corrected chi connectivity index (χ2v) is 6.37. The summed E-state index contributed by atoms with van der Waals surface area (Å²) in [4.78, 5) is 12.2. The van der Waals surface area contributed by atoms with Gasteiger partial charge in [0.05, 0.1) is 0 Å². The minimum absolute atomic E-state index is 0.202. The molecule has 0 spiro atoms. The van der Waals surface area contributed by atoms with Gasteiger partial charge < -0.3 is 10.6 Å². The van der Waals surface area contributed by atoms with Crippen LogP contribution in [0, 0.1) is 6.92 Å². The van der Waals surface area contributed by atoms with E-state index in [9.17, 15) is 4.79 Å². The number of amides is 1. The van der Waals surface area contributed by atoms with Crippen molar-refractivity contribution < 1.29 is 4.79 Å². The molecular formula is C20H19ClN4O. The first-order valence-electron chi connectivity index (χ1n) is 8.30. The molecular weight excluding hydrogens is 348 g/mol. The Morgan fingerprint density at radius 2 is 1.73 bits per heavy atom. The summed E-state index contributed by atoms with van der Waals surface area (Å²) in [7, 11) is 0. The van der Waals surface area contributed by atoms with Gasteiger partial charge in [-0.15, -0.1) is 10.2 Å². The lowest BCUT2D eigenvalue weighted by Gasteiger charge is -2.07. The Hall–Kier alpha value is -2.92. The van der Waals surface area contributed by atoms with Gasteiger partial charge in [0.1, 0.15) is 5.82 Å². The minimum atomic E-state index is -0.202. The van der Waals surface area contributed by atoms with Crippen molar-refractivity contribution >= 4 is 29.1 Å². The maximum absolute atomic E-state index is 12.2. The zero-order valence-electron chi connectivity index (χ0n) is 14.4. The average molecular weight is 367 g/mol. The number of hydrogen-bond acceptors (Lipinski definition) is 4. The number of halogens is 1. The molecule has 0 radical (unpaired) electrons. The highest BCUT2D eigenvalue weighted by molar-refractivity contribution is 6.30. The van der Waals surface area contributed by atoms with Crippen molar-refractivity contribution in [2.75, 3.05) is 17.2 Å². The third-order valence-electron chi connectivity index (χ3n) is 3.82. The van der Waals surface area contributed by atoms with E-state index in [0.29, 0.717) is 17.2 Å². The Morgan fingerprint density at radius 3 is 2.42 bits per heavy atom. The molecule has 2 N–H and O–H groups in total. The molecule has 0 saturated heterocycles. The van der Waals surface area contributed by atoms with Gasteiger partial charge in [-0.3, -0.25) is 4.79 Å². The summed E-state index contributed by atoms with van der Waals surface area (Å²) in [6, 6.07) is 18.7. The van der Waals surface area contributed by atoms with Crippen LogP contribution in [-0.2, 0) is 6.42 Å². The summed E-state index contributed by atoms with van der Waals surface area (Å²) in [6.07, 6.45) is 0.852. The number of aromatic nitrogens is 2. The summed E-state index contributed by atoms with van der Waals surface area (Å²) < 4.78 is 0. The van der Waals surface area contributed by atoms with Crippen molar-refractivity contribution in [3.63, 3.8) is 0 Å². The van der Waals surface area contributed by atoms with Gasteiger partial charge >= 0.3 is 0 Å². The van der Waals surface area contributed by atoms with Gasteiger partial charge in [0.25, 0.3) is 5.91 Å². The number of nitrogens with one attached hydrogen (secondary N) is 2. The molecule has 0 aliphatic heterocycles. The van der Waals surface area contributed by atoms with E-state index in [2.05, 4.69) is 20.8 Å². The standard InChI is InChI=1S/C20H19ClN4O/c1-14-3-2-4-16(13-14)20(26)23-19-10-9-18(24-25-19)22-12-11-15-5-7-17(21)8-6-15/h2-10,13H,11-12H2,1H3,(H,22,24)(H,23,25,26). The number of carbonyl (C=O) groups is 1. The first-order chi connectivity index (χ1) is 12.6. The molecule has 3 aromatic rings. The molecule has 0 bridgehead atoms. The van der Waals surface area contributed by atoms with E-state index in [4.69, 9.17) is 11.6 Å². The molecule has 132 valence electrons. The molecule has 0 fully saturated rings. The first kappa shape index (κ1) is 17.9. The van der Waals surface area contributed by atoms with E-state index in [-0.39, 0.29) is 5.91 Å². The van der Waals surface area contributed by atoms with Gasteiger partial charge in [0.15, 0.2) is 5.82 Å². The lowest BCUT2D eigenvalue weighted by Crippen LogP contribution is -2.14. The molecule has 1 aromatic heterocycles. The van der Waals surface area contributed by atoms with Gasteiger partial charge in [-0.25, -0.2) is 0 Å². The summed E-state index contributed by atoms with van der Waals surface area (Å²) >= 11 is 5.88. The number of hydrogen-bond donors (Lipinski definition) is 2. The van der Waals surface area contributed by atoms with Crippen LogP contribution in [0.4, 0.5) is 11.6 Å². The second-order valence-electron chi connectivity index (χ2n) is 5.93. The normalized spacial score (nSPS) is 10.4. The van der Waals surface area contributed by atoms with E-state index in [1.165, 1.54) is 5.56 Å². The maximum atomic E-state index is 12.2. The number of carbonyl (C=O) groups excluding carboxylic acids is 1. The van der Waals surface area contributed by atoms with Crippen LogP contribution in [0.15, 0.2) is 60.7 Å². The predicted molar refractivity (Wildman–Crippen MR) is 105 cm³/mol. The third kappa shape index (κ3) is 5.04. The molecule has 0 saturated carbocycles. The lowest BCUT2D eigenvalue weighted by molar-refractivity contribution is 0.102. The van der Waals surface area contributed by atoms with E-state index in [1.807, 2.05) is 49.4 Å². The first-order valence-corrected chi connectivity index (χ1v) is 8.68. The molecule has 0 unspecified atom stereocenters. The number of aryl methyl sites for hydroxylation is 1. The molecule has 2 aromatic carbocycles. The Labute approximate surface area is 157 Å². The van der Waals surface area contributed by atoms with Crippen LogP contribution in [0.1, 0.15) is 21.5 Å². The van der Waals surface area contributed by atoms with Crippen LogP contribution in [0.2, 0.25) is 5.02 Å². The zero-order chi connectivity index (χ0) is 18.4. The van der Waals surface area contributed by atoms with Gasteiger partial charge in [-0.2, -0.15) is 0 Å². The molecule has 5 nitrogen and oxygen atoms in total. The van der Waals surface area contributed by atoms with Crippen LogP contribution in [0.5, 0.6) is 0 Å². The molecule has 26 heavy (non-hydrogen) atoms. The van der Waals surface area contributed by atoms with Crippen molar-refractivity contribution in [2.45, 2.75) is 13.3 Å². The van der Waals surface area contributed by atoms with Gasteiger partial charge in [-0.1, -0.05) is 41.4 Å². The molecule has 1 heterocycles. The molecule has 0 aliphatic carbocycles. The van der Waals surface area contributed by atoms with E-state index in [1.54, 1.807) is 18.2 Å². The number of rotatable bonds is 6. The largest absolute Gasteiger partial charge is 0.368 e.